The Morgan fingerprint density at radius 2 is 1.69 bits per heavy atom. The number of hydrogen-bond donors (Lipinski definition) is 2. The molecule has 3 aromatic rings. The number of aryl methyl sites for hydroxylation is 1. The van der Waals surface area contributed by atoms with Crippen LogP contribution < -0.4 is 10.9 Å². The van der Waals surface area contributed by atoms with Crippen molar-refractivity contribution in [3.8, 4) is 0 Å². The van der Waals surface area contributed by atoms with Crippen molar-refractivity contribution in [1.82, 2.24) is 25.3 Å². The van der Waals surface area contributed by atoms with Gasteiger partial charge in [0.25, 0.3) is 11.5 Å². The van der Waals surface area contributed by atoms with Gasteiger partial charge < -0.3 is 15.6 Å². The Morgan fingerprint density at radius 1 is 1.06 bits per heavy atom. The number of fused-ring (bicyclic) bond motifs is 1. The van der Waals surface area contributed by atoms with Gasteiger partial charge in [0.05, 0.1) is 6.04 Å². The minimum Gasteiger partial charge on any atom is -0.679 e. The molecule has 181 valence electrons. The van der Waals surface area contributed by atoms with E-state index in [1.807, 2.05) is 0 Å². The Morgan fingerprint density at radius 3 is 2.28 bits per heavy atom. The molecule has 1 amide bonds. The summed E-state index contributed by atoms with van der Waals surface area (Å²) in [6.45, 7) is 4.11. The van der Waals surface area contributed by atoms with Gasteiger partial charge in [-0.25, -0.2) is 19.3 Å². The first-order valence-corrected chi connectivity index (χ1v) is 10.1. The van der Waals surface area contributed by atoms with Crippen LogP contribution in [0.2, 0.25) is 0 Å². The number of benzene rings is 1. The summed E-state index contributed by atoms with van der Waals surface area (Å²) in [5, 5.41) is 6.82. The number of aromatic amines is 1. The van der Waals surface area contributed by atoms with E-state index in [1.165, 1.54) is 25.3 Å². The largest absolute Gasteiger partial charge is 0.679 e. The van der Waals surface area contributed by atoms with Gasteiger partial charge in [-0.05, 0) is 20.8 Å². The van der Waals surface area contributed by atoms with Crippen molar-refractivity contribution >= 4 is 34.3 Å². The van der Waals surface area contributed by atoms with E-state index in [1.54, 1.807) is 19.1 Å². The van der Waals surface area contributed by atoms with Crippen LogP contribution in [-0.2, 0) is 114 Å². The molecule has 1 aromatic carbocycles. The maximum absolute atomic E-state index is 13.7. The molecule has 36 heavy (non-hydrogen) atoms. The number of amides is 1. The molecule has 2 N–H and O–H groups in total. The van der Waals surface area contributed by atoms with Crippen LogP contribution in [0.3, 0.4) is 0 Å². The predicted molar refractivity (Wildman–Crippen MR) is 118 cm³/mol. The third-order valence-corrected chi connectivity index (χ3v) is 4.82. The molecular formula is C22H22FN6O4Y3-. The number of carbonyl (C=O) groups is 3. The molecule has 0 aliphatic rings. The molecule has 3 rings (SSSR count). The Bertz CT molecular complexity index is 1270. The summed E-state index contributed by atoms with van der Waals surface area (Å²) < 4.78 is 13.7. The van der Waals surface area contributed by atoms with Crippen LogP contribution in [-0.4, -0.2) is 49.6 Å². The smallest absolute Gasteiger partial charge is 0.279 e. The summed E-state index contributed by atoms with van der Waals surface area (Å²) in [5.41, 5.74) is 1.26. The summed E-state index contributed by atoms with van der Waals surface area (Å²) >= 11 is 0. The SMILES string of the molecule is CC(=O)C([18F])C[C@@H](NC(=O)c1ccc([N-]Cc2cnc3nc(C)[nH]c(=O)c3n2)cc1)C(C)=O.[Y].[Y].[Y]. The molecule has 10 nitrogen and oxygen atoms in total. The molecule has 2 aromatic heterocycles. The molecule has 0 aliphatic heterocycles. The molecule has 2 atom stereocenters. The van der Waals surface area contributed by atoms with Crippen molar-refractivity contribution in [2.45, 2.75) is 46.0 Å². The van der Waals surface area contributed by atoms with Crippen LogP contribution in [0.4, 0.5) is 10.1 Å². The van der Waals surface area contributed by atoms with Crippen molar-refractivity contribution in [1.29, 1.82) is 0 Å². The van der Waals surface area contributed by atoms with Crippen LogP contribution in [0.15, 0.2) is 35.3 Å². The molecule has 3 radical (unpaired) electrons. The normalized spacial score (nSPS) is 11.7. The summed E-state index contributed by atoms with van der Waals surface area (Å²) in [4.78, 5) is 62.4. The fourth-order valence-electron chi connectivity index (χ4n) is 2.97. The van der Waals surface area contributed by atoms with Gasteiger partial charge in [0.15, 0.2) is 28.9 Å². The summed E-state index contributed by atoms with van der Waals surface area (Å²) in [5.74, 6) is -1.27. The number of carbonyl (C=O) groups excluding carboxylic acids is 3. The average Bonchev–Trinajstić information content (AvgIpc) is 2.77. The first kappa shape index (κ1) is 35.3. The topological polar surface area (TPSA) is 149 Å². The zero-order valence-electron chi connectivity index (χ0n) is 20.0. The molecule has 0 spiro atoms. The number of nitrogens with one attached hydrogen (secondary N) is 2. The number of ketones is 2. The van der Waals surface area contributed by atoms with Gasteiger partial charge in [0, 0.05) is 122 Å². The van der Waals surface area contributed by atoms with E-state index in [9.17, 15) is 23.6 Å². The molecule has 0 fully saturated rings. The first-order chi connectivity index (χ1) is 15.6. The van der Waals surface area contributed by atoms with Crippen molar-refractivity contribution < 1.29 is 117 Å². The van der Waals surface area contributed by atoms with Gasteiger partial charge in [-0.1, -0.05) is 30.8 Å². The zero-order chi connectivity index (χ0) is 24.1. The summed E-state index contributed by atoms with van der Waals surface area (Å²) in [6.07, 6.45) is -0.747. The number of alkyl halides is 1. The number of halogens is 1. The Hall–Kier alpha value is -0.708. The van der Waals surface area contributed by atoms with Gasteiger partial charge in [-0.2, -0.15) is 0 Å². The molecule has 2 heterocycles. The van der Waals surface area contributed by atoms with Crippen molar-refractivity contribution in [2.24, 2.45) is 0 Å². The molecule has 0 bridgehead atoms. The predicted octanol–water partition coefficient (Wildman–Crippen LogP) is 2.22. The van der Waals surface area contributed by atoms with Gasteiger partial charge >= 0.3 is 0 Å². The molecule has 0 aliphatic carbocycles. The van der Waals surface area contributed by atoms with E-state index in [0.717, 1.165) is 6.92 Å². The van der Waals surface area contributed by atoms with E-state index < -0.39 is 36.1 Å². The van der Waals surface area contributed by atoms with Gasteiger partial charge in [0.2, 0.25) is 0 Å². The Labute approximate surface area is 282 Å². The van der Waals surface area contributed by atoms with E-state index >= 15 is 0 Å². The molecule has 1 unspecified atom stereocenters. The quantitative estimate of drug-likeness (QED) is 0.345. The van der Waals surface area contributed by atoms with E-state index in [2.05, 4.69) is 30.6 Å². The monoisotopic (exact) mass is 719 g/mol. The molecule has 14 heteroatoms. The summed E-state index contributed by atoms with van der Waals surface area (Å²) in [6, 6.07) is 5.10. The molecule has 0 saturated heterocycles. The van der Waals surface area contributed by atoms with Crippen molar-refractivity contribution in [2.75, 3.05) is 0 Å². The van der Waals surface area contributed by atoms with Crippen molar-refractivity contribution in [3.63, 3.8) is 0 Å². The van der Waals surface area contributed by atoms with Crippen LogP contribution in [0.5, 0.6) is 0 Å². The first-order valence-electron chi connectivity index (χ1n) is 10.1. The van der Waals surface area contributed by atoms with E-state index in [0.29, 0.717) is 17.2 Å². The number of Topliss-reactive ketones (excluding diaryl/α,β-unsaturated/α-hetero) is 2. The minimum atomic E-state index is -1.83. The van der Waals surface area contributed by atoms with E-state index in [-0.39, 0.29) is 127 Å². The second-order valence-corrected chi connectivity index (χ2v) is 7.50. The number of aromatic nitrogens is 4. The van der Waals surface area contributed by atoms with Crippen LogP contribution in [0.1, 0.15) is 42.1 Å². The van der Waals surface area contributed by atoms with Crippen molar-refractivity contribution in [3.05, 3.63) is 63.2 Å². The van der Waals surface area contributed by atoms with Gasteiger partial charge in [0.1, 0.15) is 5.82 Å². The number of nitrogens with zero attached hydrogens (tertiary/aromatic N) is 4. The third kappa shape index (κ3) is 9.87. The average molecular weight is 719 g/mol. The second kappa shape index (κ2) is 16.3. The van der Waals surface area contributed by atoms with E-state index in [4.69, 9.17) is 0 Å². The Kier molecular flexibility index (Phi) is 16.0. The van der Waals surface area contributed by atoms with Crippen LogP contribution >= 0.6 is 0 Å². The number of rotatable bonds is 9. The summed E-state index contributed by atoms with van der Waals surface area (Å²) in [7, 11) is 0. The fourth-order valence-corrected chi connectivity index (χ4v) is 2.97. The standard InChI is InChI=1S/C22H23FN6O4.3Y/c1-11(30)17(23)8-18(12(2)31)29-21(32)14-4-6-15(7-5-14)24-9-16-10-25-20-19(28-16)22(33)27-13(3)26-20;;;/h4-7,10,17-18H,8-9H2,1-3H3,(H3,24,25,26,27,29,32,33);;;/p-1/t17?,18-;;;/m1.../s1/i23-1;;;. The minimum absolute atomic E-state index is 0. The van der Waals surface area contributed by atoms with Gasteiger partial charge in [-0.3, -0.25) is 19.2 Å². The fraction of sp³-hybridized carbons (Fsp3) is 0.318. The Balaban J connectivity index is 0.00000408. The van der Waals surface area contributed by atoms with Gasteiger partial charge in [-0.15, -0.1) is 5.69 Å². The number of hydrogen-bond acceptors (Lipinski definition) is 7. The number of H-pyrrole nitrogens is 1. The second-order valence-electron chi connectivity index (χ2n) is 7.50. The van der Waals surface area contributed by atoms with Crippen LogP contribution in [0, 0.1) is 6.92 Å². The maximum atomic E-state index is 13.7. The third-order valence-electron chi connectivity index (χ3n) is 4.82. The van der Waals surface area contributed by atoms with Crippen LogP contribution in [0.25, 0.3) is 16.5 Å². The molecule has 0 saturated carbocycles. The zero-order valence-corrected chi connectivity index (χ0v) is 28.5. The molecular weight excluding hydrogens is 697 g/mol. The maximum Gasteiger partial charge on any atom is 0.279 e.